The summed E-state index contributed by atoms with van der Waals surface area (Å²) in [5.74, 6) is -0.452. The molecule has 0 bridgehead atoms. The summed E-state index contributed by atoms with van der Waals surface area (Å²) in [5, 5.41) is 20.7. The van der Waals surface area contributed by atoms with E-state index in [4.69, 9.17) is 11.6 Å². The first-order valence-electron chi connectivity index (χ1n) is 9.37. The van der Waals surface area contributed by atoms with Crippen molar-refractivity contribution in [3.05, 3.63) is 58.9 Å². The number of aliphatic hydroxyl groups excluding tert-OH is 1. The molecule has 1 amide bonds. The highest BCUT2D eigenvalue weighted by atomic mass is 35.5. The molecular formula is C21H22ClFN2O3. The Hall–Kier alpha value is -1.99. The van der Waals surface area contributed by atoms with E-state index in [-0.39, 0.29) is 11.7 Å². The molecule has 2 aromatic carbocycles. The summed E-state index contributed by atoms with van der Waals surface area (Å²) in [6.07, 6.45) is 0.379. The Morgan fingerprint density at radius 1 is 1.07 bits per heavy atom. The minimum absolute atomic E-state index is 0.0869. The zero-order valence-corrected chi connectivity index (χ0v) is 16.1. The lowest BCUT2D eigenvalue weighted by atomic mass is 10.0. The molecule has 5 nitrogen and oxygen atoms in total. The predicted molar refractivity (Wildman–Crippen MR) is 105 cm³/mol. The number of piperazine rings is 1. The largest absolute Gasteiger partial charge is 0.386 e. The fourth-order valence-electron chi connectivity index (χ4n) is 3.59. The predicted octanol–water partition coefficient (Wildman–Crippen LogP) is 2.75. The maximum atomic E-state index is 13.5. The van der Waals surface area contributed by atoms with Crippen molar-refractivity contribution in [1.82, 2.24) is 9.80 Å². The van der Waals surface area contributed by atoms with Crippen molar-refractivity contribution in [3.8, 4) is 11.1 Å². The van der Waals surface area contributed by atoms with Crippen LogP contribution in [0.1, 0.15) is 23.2 Å². The van der Waals surface area contributed by atoms with Crippen LogP contribution in [0, 0.1) is 5.82 Å². The average molecular weight is 405 g/mol. The number of hydrogen-bond donors (Lipinski definition) is 2. The molecule has 2 fully saturated rings. The van der Waals surface area contributed by atoms with E-state index in [0.717, 1.165) is 5.56 Å². The molecule has 2 aromatic rings. The molecule has 7 heteroatoms. The van der Waals surface area contributed by atoms with Crippen LogP contribution in [0.5, 0.6) is 0 Å². The van der Waals surface area contributed by atoms with Crippen LogP contribution in [0.2, 0.25) is 5.02 Å². The van der Waals surface area contributed by atoms with Gasteiger partial charge in [0.15, 0.2) is 0 Å². The van der Waals surface area contributed by atoms with Gasteiger partial charge in [0.05, 0.1) is 0 Å². The van der Waals surface area contributed by atoms with Gasteiger partial charge in [-0.2, -0.15) is 0 Å². The molecule has 2 N–H and O–H groups in total. The van der Waals surface area contributed by atoms with Crippen LogP contribution in [0.4, 0.5) is 4.39 Å². The van der Waals surface area contributed by atoms with Gasteiger partial charge in [0.2, 0.25) is 0 Å². The van der Waals surface area contributed by atoms with Gasteiger partial charge >= 0.3 is 0 Å². The average Bonchev–Trinajstić information content (AvgIpc) is 3.47. The number of carbonyl (C=O) groups excluding carboxylic acids is 1. The van der Waals surface area contributed by atoms with Crippen LogP contribution >= 0.6 is 11.6 Å². The van der Waals surface area contributed by atoms with Gasteiger partial charge in [-0.05, 0) is 48.7 Å². The molecule has 1 atom stereocenters. The Bertz CT molecular complexity index is 878. The number of benzene rings is 2. The lowest BCUT2D eigenvalue weighted by molar-refractivity contribution is -0.108. The van der Waals surface area contributed by atoms with Crippen molar-refractivity contribution >= 4 is 17.5 Å². The number of nitrogens with zero attached hydrogens (tertiary/aromatic N) is 2. The summed E-state index contributed by atoms with van der Waals surface area (Å²) >= 11 is 6.15. The third-order valence-corrected chi connectivity index (χ3v) is 5.89. The molecule has 0 spiro atoms. The molecule has 1 saturated carbocycles. The van der Waals surface area contributed by atoms with E-state index < -0.39 is 11.8 Å². The van der Waals surface area contributed by atoms with E-state index in [1.807, 2.05) is 4.90 Å². The van der Waals surface area contributed by atoms with Crippen LogP contribution in [0.15, 0.2) is 42.5 Å². The van der Waals surface area contributed by atoms with Crippen molar-refractivity contribution < 1.29 is 19.4 Å². The van der Waals surface area contributed by atoms with Gasteiger partial charge in [-0.15, -0.1) is 0 Å². The number of carbonyl (C=O) groups is 1. The number of hydrogen-bond acceptors (Lipinski definition) is 4. The summed E-state index contributed by atoms with van der Waals surface area (Å²) < 4.78 is 13.5. The zero-order valence-electron chi connectivity index (χ0n) is 15.3. The quantitative estimate of drug-likeness (QED) is 0.822. The highest BCUT2D eigenvalue weighted by molar-refractivity contribution is 6.33. The number of amides is 1. The maximum Gasteiger partial charge on any atom is 0.253 e. The smallest absolute Gasteiger partial charge is 0.253 e. The maximum absolute atomic E-state index is 13.5. The van der Waals surface area contributed by atoms with Crippen LogP contribution in [-0.4, -0.2) is 63.9 Å². The van der Waals surface area contributed by atoms with E-state index in [0.29, 0.717) is 55.2 Å². The van der Waals surface area contributed by atoms with Gasteiger partial charge in [0.1, 0.15) is 17.6 Å². The van der Waals surface area contributed by atoms with E-state index in [1.165, 1.54) is 18.2 Å². The molecule has 2 aliphatic rings. The van der Waals surface area contributed by atoms with Crippen molar-refractivity contribution in [2.75, 3.05) is 26.2 Å². The van der Waals surface area contributed by atoms with Gasteiger partial charge in [0.25, 0.3) is 5.91 Å². The molecule has 1 saturated heterocycles. The monoisotopic (exact) mass is 404 g/mol. The van der Waals surface area contributed by atoms with Crippen molar-refractivity contribution in [2.45, 2.75) is 24.7 Å². The second-order valence-electron chi connectivity index (χ2n) is 7.51. The third-order valence-electron chi connectivity index (χ3n) is 5.56. The summed E-state index contributed by atoms with van der Waals surface area (Å²) in [5.41, 5.74) is 0.902. The Labute approximate surface area is 167 Å². The first-order chi connectivity index (χ1) is 13.4. The number of halogens is 2. The Morgan fingerprint density at radius 3 is 2.32 bits per heavy atom. The van der Waals surface area contributed by atoms with Gasteiger partial charge in [-0.1, -0.05) is 23.7 Å². The first-order valence-corrected chi connectivity index (χ1v) is 9.74. The summed E-state index contributed by atoms with van der Waals surface area (Å²) in [6.45, 7) is 2.02. The lowest BCUT2D eigenvalue weighted by Crippen LogP contribution is -2.55. The standard InChI is InChI=1S/C21H22ClFN2O3/c22-18-6-5-16(23)13-17(18)14-1-3-15(4-2-14)19(26)24-9-11-25(12-10-24)20(27)21(28)7-8-21/h1-6,13,20,27-28H,7-12H2. The number of rotatable bonds is 4. The summed E-state index contributed by atoms with van der Waals surface area (Å²) in [6, 6.07) is 11.1. The van der Waals surface area contributed by atoms with E-state index in [9.17, 15) is 19.4 Å². The SMILES string of the molecule is O=C(c1ccc(-c2cc(F)ccc2Cl)cc1)N1CCN(C(O)C2(O)CC2)CC1. The van der Waals surface area contributed by atoms with Gasteiger partial charge < -0.3 is 15.1 Å². The molecule has 148 valence electrons. The fraction of sp³-hybridized carbons (Fsp3) is 0.381. The van der Waals surface area contributed by atoms with Gasteiger partial charge in [0, 0.05) is 42.3 Å². The minimum Gasteiger partial charge on any atom is -0.386 e. The summed E-state index contributed by atoms with van der Waals surface area (Å²) in [4.78, 5) is 16.3. The van der Waals surface area contributed by atoms with Gasteiger partial charge in [-0.25, -0.2) is 4.39 Å². The van der Waals surface area contributed by atoms with E-state index in [1.54, 1.807) is 29.2 Å². The molecule has 1 unspecified atom stereocenters. The van der Waals surface area contributed by atoms with Crippen LogP contribution in [0.3, 0.4) is 0 Å². The van der Waals surface area contributed by atoms with Crippen molar-refractivity contribution in [1.29, 1.82) is 0 Å². The van der Waals surface area contributed by atoms with Crippen LogP contribution in [-0.2, 0) is 0 Å². The highest BCUT2D eigenvalue weighted by Gasteiger charge is 2.50. The van der Waals surface area contributed by atoms with Crippen LogP contribution in [0.25, 0.3) is 11.1 Å². The first kappa shape index (κ1) is 19.3. The molecule has 4 rings (SSSR count). The normalized spacial score (nSPS) is 20.1. The Balaban J connectivity index is 1.41. The zero-order chi connectivity index (χ0) is 19.9. The minimum atomic E-state index is -0.972. The molecule has 1 aliphatic heterocycles. The van der Waals surface area contributed by atoms with Gasteiger partial charge in [-0.3, -0.25) is 9.69 Å². The van der Waals surface area contributed by atoms with E-state index >= 15 is 0 Å². The third kappa shape index (κ3) is 3.78. The molecule has 0 radical (unpaired) electrons. The molecule has 0 aromatic heterocycles. The number of aliphatic hydroxyl groups is 2. The summed E-state index contributed by atoms with van der Waals surface area (Å²) in [7, 11) is 0. The molecule has 28 heavy (non-hydrogen) atoms. The molecular weight excluding hydrogens is 383 g/mol. The highest BCUT2D eigenvalue weighted by Crippen LogP contribution is 2.39. The molecule has 1 heterocycles. The lowest BCUT2D eigenvalue weighted by Gasteiger charge is -2.38. The fourth-order valence-corrected chi connectivity index (χ4v) is 3.82. The van der Waals surface area contributed by atoms with Crippen molar-refractivity contribution in [2.24, 2.45) is 0 Å². The van der Waals surface area contributed by atoms with Crippen LogP contribution < -0.4 is 0 Å². The second-order valence-corrected chi connectivity index (χ2v) is 7.91. The Morgan fingerprint density at radius 2 is 1.71 bits per heavy atom. The molecule has 1 aliphatic carbocycles. The Kier molecular flexibility index (Phi) is 5.14. The second kappa shape index (κ2) is 7.44. The topological polar surface area (TPSA) is 64.0 Å². The van der Waals surface area contributed by atoms with Crippen molar-refractivity contribution in [3.63, 3.8) is 0 Å². The van der Waals surface area contributed by atoms with E-state index in [2.05, 4.69) is 0 Å².